The molecule has 0 fully saturated rings. The predicted octanol–water partition coefficient (Wildman–Crippen LogP) is 2.18. The fraction of sp³-hybridized carbons (Fsp3) is 0.300. The number of imidazole rings is 1. The average molecular weight is 288 g/mol. The second kappa shape index (κ2) is 5.59. The number of fused-ring (bicyclic) bond motifs is 1. The number of nitrogen functional groups attached to an aromatic ring is 1. The lowest BCUT2D eigenvalue weighted by molar-refractivity contribution is 0.556. The van der Waals surface area contributed by atoms with E-state index in [-0.39, 0.29) is 23.5 Å². The van der Waals surface area contributed by atoms with Gasteiger partial charge in [0.05, 0.1) is 12.9 Å². The summed E-state index contributed by atoms with van der Waals surface area (Å²) in [6.07, 6.45) is 4.49. The van der Waals surface area contributed by atoms with Gasteiger partial charge in [0.1, 0.15) is 11.3 Å². The summed E-state index contributed by atoms with van der Waals surface area (Å²) in [7, 11) is 2.54. The molecule has 1 unspecified atom stereocenters. The number of rotatable bonds is 4. The molecule has 0 spiro atoms. The van der Waals surface area contributed by atoms with Crippen LogP contribution in [0.2, 0.25) is 5.15 Å². The van der Waals surface area contributed by atoms with Gasteiger partial charge in [-0.25, -0.2) is 9.37 Å². The number of hydrogen-bond acceptors (Lipinski definition) is 4. The highest BCUT2D eigenvalue weighted by molar-refractivity contribution is 7.16. The maximum atomic E-state index is 13.6. The number of nitrogens with two attached hydrogens (primary N) is 1. The minimum Gasteiger partial charge on any atom is -0.368 e. The summed E-state index contributed by atoms with van der Waals surface area (Å²) >= 11 is 5.88. The van der Waals surface area contributed by atoms with Gasteiger partial charge in [-0.05, 0) is 12.6 Å². The molecule has 2 aromatic heterocycles. The molecule has 18 heavy (non-hydrogen) atoms. The Kier molecular flexibility index (Phi) is 4.09. The smallest absolute Gasteiger partial charge is 0.223 e. The molecule has 1 atom stereocenters. The van der Waals surface area contributed by atoms with E-state index in [9.17, 15) is 4.39 Å². The summed E-state index contributed by atoms with van der Waals surface area (Å²) in [5, 5.41) is 0.172. The van der Waals surface area contributed by atoms with Crippen LogP contribution >= 0.6 is 20.8 Å². The van der Waals surface area contributed by atoms with Crippen molar-refractivity contribution < 1.29 is 4.39 Å². The molecule has 0 amide bonds. The van der Waals surface area contributed by atoms with Crippen molar-refractivity contribution in [2.45, 2.75) is 13.0 Å². The van der Waals surface area contributed by atoms with Gasteiger partial charge in [0.2, 0.25) is 5.95 Å². The Bertz CT molecular complexity index is 597. The molecule has 2 N–H and O–H groups in total. The summed E-state index contributed by atoms with van der Waals surface area (Å²) in [5.41, 5.74) is 6.36. The van der Waals surface area contributed by atoms with Crippen molar-refractivity contribution in [1.29, 1.82) is 0 Å². The number of hydrogen-bond donors (Lipinski definition) is 1. The van der Waals surface area contributed by atoms with Gasteiger partial charge in [0, 0.05) is 0 Å². The van der Waals surface area contributed by atoms with Crippen LogP contribution < -0.4 is 5.73 Å². The van der Waals surface area contributed by atoms with Crippen molar-refractivity contribution in [2.24, 2.45) is 0 Å². The third-order valence-electron chi connectivity index (χ3n) is 2.29. The molecule has 96 valence electrons. The summed E-state index contributed by atoms with van der Waals surface area (Å²) in [6.45, 7) is 0.0634. The van der Waals surface area contributed by atoms with Crippen molar-refractivity contribution in [1.82, 2.24) is 19.5 Å². The largest absolute Gasteiger partial charge is 0.368 e. The van der Waals surface area contributed by atoms with Crippen molar-refractivity contribution in [3.8, 4) is 0 Å². The van der Waals surface area contributed by atoms with Gasteiger partial charge >= 0.3 is 0 Å². The molecule has 2 rings (SSSR count). The second-order valence-electron chi connectivity index (χ2n) is 3.65. The third kappa shape index (κ3) is 2.76. The zero-order valence-corrected chi connectivity index (χ0v) is 11.4. The maximum Gasteiger partial charge on any atom is 0.223 e. The van der Waals surface area contributed by atoms with Crippen molar-refractivity contribution in [3.63, 3.8) is 0 Å². The van der Waals surface area contributed by atoms with Gasteiger partial charge in [-0.1, -0.05) is 17.7 Å². The van der Waals surface area contributed by atoms with Gasteiger partial charge in [0.15, 0.2) is 10.8 Å². The van der Waals surface area contributed by atoms with Crippen molar-refractivity contribution in [2.75, 3.05) is 11.9 Å². The Hall–Kier alpha value is -1.26. The van der Waals surface area contributed by atoms with E-state index < -0.39 is 0 Å². The normalized spacial score (nSPS) is 12.3. The second-order valence-corrected chi connectivity index (χ2v) is 4.58. The lowest BCUT2D eigenvalue weighted by Crippen LogP contribution is -2.01. The first-order chi connectivity index (χ1) is 8.61. The molecule has 0 bridgehead atoms. The van der Waals surface area contributed by atoms with E-state index in [4.69, 9.17) is 17.3 Å². The first-order valence-corrected chi connectivity index (χ1v) is 6.49. The Balaban J connectivity index is 2.35. The lowest BCUT2D eigenvalue weighted by atomic mass is 10.4. The van der Waals surface area contributed by atoms with Crippen molar-refractivity contribution in [3.05, 3.63) is 23.4 Å². The highest BCUT2D eigenvalue weighted by Gasteiger charge is 2.11. The lowest BCUT2D eigenvalue weighted by Gasteiger charge is -2.02. The van der Waals surface area contributed by atoms with Crippen LogP contribution in [-0.2, 0) is 6.54 Å². The Morgan fingerprint density at radius 2 is 2.33 bits per heavy atom. The van der Waals surface area contributed by atoms with Gasteiger partial charge < -0.3 is 10.3 Å². The van der Waals surface area contributed by atoms with Crippen LogP contribution in [0.3, 0.4) is 0 Å². The zero-order valence-electron chi connectivity index (χ0n) is 9.48. The molecule has 8 heteroatoms. The first kappa shape index (κ1) is 13.2. The van der Waals surface area contributed by atoms with Crippen LogP contribution in [0.5, 0.6) is 0 Å². The molecule has 5 nitrogen and oxygen atoms in total. The molecule has 0 aliphatic heterocycles. The maximum absolute atomic E-state index is 13.6. The van der Waals surface area contributed by atoms with Gasteiger partial charge in [-0.2, -0.15) is 9.97 Å². The monoisotopic (exact) mass is 287 g/mol. The molecule has 0 aliphatic carbocycles. The third-order valence-corrected chi connectivity index (χ3v) is 2.89. The molecule has 0 saturated carbocycles. The Labute approximate surface area is 110 Å². The fourth-order valence-electron chi connectivity index (χ4n) is 1.51. The van der Waals surface area contributed by atoms with E-state index in [2.05, 4.69) is 24.2 Å². The zero-order chi connectivity index (χ0) is 13.1. The van der Waals surface area contributed by atoms with E-state index in [1.165, 1.54) is 12.4 Å². The number of allylic oxidation sites excluding steroid dienone is 2. The topological polar surface area (TPSA) is 69.6 Å². The number of aromatic nitrogens is 4. The van der Waals surface area contributed by atoms with E-state index in [0.717, 1.165) is 6.16 Å². The summed E-state index contributed by atoms with van der Waals surface area (Å²) in [6, 6.07) is 0. The van der Waals surface area contributed by atoms with E-state index >= 15 is 0 Å². The van der Waals surface area contributed by atoms with Gasteiger partial charge in [-0.3, -0.25) is 0 Å². The van der Waals surface area contributed by atoms with E-state index in [0.29, 0.717) is 17.6 Å². The minimum absolute atomic E-state index is 0.0450. The summed E-state index contributed by atoms with van der Waals surface area (Å²) < 4.78 is 15.1. The minimum atomic E-state index is -0.245. The molecule has 0 saturated heterocycles. The SMILES string of the molecule is Nc1nc(Cl)c2ncn(CC(F)=CCCP)c2n1. The van der Waals surface area contributed by atoms with E-state index in [1.54, 1.807) is 4.57 Å². The van der Waals surface area contributed by atoms with E-state index in [1.807, 2.05) is 0 Å². The number of anilines is 1. The quantitative estimate of drug-likeness (QED) is 0.691. The Morgan fingerprint density at radius 3 is 3.06 bits per heavy atom. The number of halogens is 2. The van der Waals surface area contributed by atoms with Crippen molar-refractivity contribution >= 4 is 38.0 Å². The molecule has 0 aliphatic rings. The number of nitrogens with zero attached hydrogens (tertiary/aromatic N) is 4. The average Bonchev–Trinajstić information content (AvgIpc) is 2.70. The van der Waals surface area contributed by atoms with Crippen LogP contribution in [0.4, 0.5) is 10.3 Å². The van der Waals surface area contributed by atoms with Gasteiger partial charge in [-0.15, -0.1) is 9.24 Å². The summed E-state index contributed by atoms with van der Waals surface area (Å²) in [5.74, 6) is -0.200. The highest BCUT2D eigenvalue weighted by atomic mass is 35.5. The predicted molar refractivity (Wildman–Crippen MR) is 73.1 cm³/mol. The fourth-order valence-corrected chi connectivity index (χ4v) is 1.90. The van der Waals surface area contributed by atoms with Crippen LogP contribution in [0.15, 0.2) is 18.2 Å². The Morgan fingerprint density at radius 1 is 1.56 bits per heavy atom. The molecule has 2 aromatic rings. The molecule has 0 radical (unpaired) electrons. The highest BCUT2D eigenvalue weighted by Crippen LogP contribution is 2.20. The van der Waals surface area contributed by atoms with Crippen LogP contribution in [0, 0.1) is 0 Å². The molecular weight excluding hydrogens is 276 g/mol. The van der Waals surface area contributed by atoms with Crippen LogP contribution in [0.1, 0.15) is 6.42 Å². The first-order valence-electron chi connectivity index (χ1n) is 5.30. The molecule has 0 aromatic carbocycles. The standard InChI is InChI=1S/C10H12ClFN5P/c11-8-7-9(16-10(13)15-8)17(5-14-7)4-6(12)2-1-3-18/h2,5H,1,3-4,18H2,(H2,13,15,16). The molecular formula is C10H12ClFN5P. The van der Waals surface area contributed by atoms with Crippen LogP contribution in [0.25, 0.3) is 11.2 Å². The molecule has 2 heterocycles. The summed E-state index contributed by atoms with van der Waals surface area (Å²) in [4.78, 5) is 11.8. The van der Waals surface area contributed by atoms with Crippen LogP contribution in [-0.4, -0.2) is 25.7 Å². The van der Waals surface area contributed by atoms with Gasteiger partial charge in [0.25, 0.3) is 0 Å².